The molecule has 0 N–H and O–H groups in total. The zero-order valence-electron chi connectivity index (χ0n) is 18.2. The Balaban J connectivity index is 1.59. The van der Waals surface area contributed by atoms with Crippen LogP contribution in [0.25, 0.3) is 10.8 Å². The number of ether oxygens (including phenoxy) is 2. The molecule has 0 saturated carbocycles. The van der Waals surface area contributed by atoms with Gasteiger partial charge in [-0.1, -0.05) is 63.5 Å². The Morgan fingerprint density at radius 2 is 1.20 bits per heavy atom. The maximum Gasteiger partial charge on any atom is 0.119 e. The summed E-state index contributed by atoms with van der Waals surface area (Å²) in [5.74, 6) is 8.35. The number of rotatable bonds is 10. The van der Waals surface area contributed by atoms with Gasteiger partial charge in [-0.3, -0.25) is 0 Å². The number of fused-ring (bicyclic) bond motifs is 1. The number of benzene rings is 3. The molecule has 156 valence electrons. The van der Waals surface area contributed by atoms with Gasteiger partial charge in [-0.05, 0) is 72.1 Å². The maximum absolute atomic E-state index is 5.93. The van der Waals surface area contributed by atoms with Gasteiger partial charge in [0.25, 0.3) is 0 Å². The Bertz CT molecular complexity index is 977. The number of hydrogen-bond acceptors (Lipinski definition) is 2. The molecule has 3 rings (SSSR count). The summed E-state index contributed by atoms with van der Waals surface area (Å²) < 4.78 is 11.5. The van der Waals surface area contributed by atoms with Crippen LogP contribution in [0.15, 0.2) is 60.7 Å². The molecule has 2 nitrogen and oxygen atoms in total. The predicted molar refractivity (Wildman–Crippen MR) is 126 cm³/mol. The second-order valence-electron chi connectivity index (χ2n) is 7.61. The first kappa shape index (κ1) is 21.8. The first-order chi connectivity index (χ1) is 14.8. The molecule has 0 aliphatic heterocycles. The molecule has 0 aliphatic rings. The van der Waals surface area contributed by atoms with Crippen molar-refractivity contribution in [3.63, 3.8) is 0 Å². The summed E-state index contributed by atoms with van der Waals surface area (Å²) in [5, 5.41) is 2.36. The Morgan fingerprint density at radius 1 is 0.567 bits per heavy atom. The van der Waals surface area contributed by atoms with Crippen LogP contribution < -0.4 is 9.47 Å². The molecule has 2 heteroatoms. The van der Waals surface area contributed by atoms with Crippen LogP contribution in [-0.4, -0.2) is 13.2 Å². The van der Waals surface area contributed by atoms with Gasteiger partial charge in [0.05, 0.1) is 13.2 Å². The normalized spacial score (nSPS) is 10.5. The van der Waals surface area contributed by atoms with E-state index in [0.717, 1.165) is 48.7 Å². The lowest BCUT2D eigenvalue weighted by atomic mass is 10.1. The van der Waals surface area contributed by atoms with Crippen LogP contribution in [-0.2, 0) is 0 Å². The van der Waals surface area contributed by atoms with Crippen LogP contribution in [0.1, 0.15) is 63.5 Å². The molecular formula is C28H32O2. The lowest BCUT2D eigenvalue weighted by Crippen LogP contribution is -1.97. The van der Waals surface area contributed by atoms with E-state index in [9.17, 15) is 0 Å². The van der Waals surface area contributed by atoms with Crippen LogP contribution in [0.5, 0.6) is 11.5 Å². The third-order valence-electron chi connectivity index (χ3n) is 5.01. The lowest BCUT2D eigenvalue weighted by Gasteiger charge is -2.07. The third-order valence-corrected chi connectivity index (χ3v) is 5.01. The van der Waals surface area contributed by atoms with Crippen LogP contribution in [0.3, 0.4) is 0 Å². The standard InChI is InChI=1S/C28H32O2/c1-3-5-6-7-8-20-30-28-18-15-25-21-24(11-14-26(25)22-28)10-9-23-12-16-27(17-13-23)29-19-4-2/h11-18,21-22H,3-8,19-20H2,1-2H3. The van der Waals surface area contributed by atoms with E-state index in [4.69, 9.17) is 9.47 Å². The Kier molecular flexibility index (Phi) is 8.66. The van der Waals surface area contributed by atoms with E-state index >= 15 is 0 Å². The Labute approximate surface area is 181 Å². The SMILES string of the molecule is CCCCCCCOc1ccc2cc(C#Cc3ccc(OCCC)cc3)ccc2c1. The van der Waals surface area contributed by atoms with Gasteiger partial charge >= 0.3 is 0 Å². The van der Waals surface area contributed by atoms with Crippen molar-refractivity contribution in [1.29, 1.82) is 0 Å². The number of unbranched alkanes of at least 4 members (excludes halogenated alkanes) is 4. The first-order valence-corrected chi connectivity index (χ1v) is 11.2. The minimum Gasteiger partial charge on any atom is -0.494 e. The van der Waals surface area contributed by atoms with Gasteiger partial charge in [-0.2, -0.15) is 0 Å². The van der Waals surface area contributed by atoms with Gasteiger partial charge in [-0.25, -0.2) is 0 Å². The average molecular weight is 401 g/mol. The lowest BCUT2D eigenvalue weighted by molar-refractivity contribution is 0.305. The van der Waals surface area contributed by atoms with Crippen LogP contribution >= 0.6 is 0 Å². The minimum absolute atomic E-state index is 0.744. The largest absolute Gasteiger partial charge is 0.494 e. The highest BCUT2D eigenvalue weighted by molar-refractivity contribution is 5.85. The van der Waals surface area contributed by atoms with Gasteiger partial charge in [-0.15, -0.1) is 0 Å². The first-order valence-electron chi connectivity index (χ1n) is 11.2. The van der Waals surface area contributed by atoms with Gasteiger partial charge in [0.15, 0.2) is 0 Å². The summed E-state index contributed by atoms with van der Waals surface area (Å²) in [6, 6.07) is 20.6. The zero-order chi connectivity index (χ0) is 21.0. The molecule has 30 heavy (non-hydrogen) atoms. The quantitative estimate of drug-likeness (QED) is 0.261. The fraction of sp³-hybridized carbons (Fsp3) is 0.357. The van der Waals surface area contributed by atoms with Crippen molar-refractivity contribution < 1.29 is 9.47 Å². The van der Waals surface area contributed by atoms with E-state index < -0.39 is 0 Å². The minimum atomic E-state index is 0.744. The summed E-state index contributed by atoms with van der Waals surface area (Å²) in [4.78, 5) is 0. The molecule has 0 spiro atoms. The molecule has 0 bridgehead atoms. The van der Waals surface area contributed by atoms with Crippen molar-refractivity contribution in [2.75, 3.05) is 13.2 Å². The topological polar surface area (TPSA) is 18.5 Å². The highest BCUT2D eigenvalue weighted by Crippen LogP contribution is 2.22. The maximum atomic E-state index is 5.93. The molecule has 0 aromatic heterocycles. The van der Waals surface area contributed by atoms with Crippen molar-refractivity contribution in [3.05, 3.63) is 71.8 Å². The smallest absolute Gasteiger partial charge is 0.119 e. The molecule has 0 amide bonds. The third kappa shape index (κ3) is 6.85. The predicted octanol–water partition coefficient (Wildman–Crippen LogP) is 7.38. The Morgan fingerprint density at radius 3 is 2.00 bits per heavy atom. The molecular weight excluding hydrogens is 368 g/mol. The monoisotopic (exact) mass is 400 g/mol. The van der Waals surface area contributed by atoms with E-state index in [0.29, 0.717) is 0 Å². The van der Waals surface area contributed by atoms with E-state index in [-0.39, 0.29) is 0 Å². The Hall–Kier alpha value is -2.92. The van der Waals surface area contributed by atoms with Crippen molar-refractivity contribution >= 4 is 10.8 Å². The molecule has 0 radical (unpaired) electrons. The second kappa shape index (κ2) is 11.9. The fourth-order valence-corrected chi connectivity index (χ4v) is 3.29. The van der Waals surface area contributed by atoms with E-state index in [1.165, 1.54) is 36.5 Å². The van der Waals surface area contributed by atoms with Crippen LogP contribution in [0.2, 0.25) is 0 Å². The summed E-state index contributed by atoms with van der Waals surface area (Å²) >= 11 is 0. The van der Waals surface area contributed by atoms with Gasteiger partial charge in [0, 0.05) is 11.1 Å². The van der Waals surface area contributed by atoms with Crippen molar-refractivity contribution in [2.45, 2.75) is 52.4 Å². The van der Waals surface area contributed by atoms with Gasteiger partial charge in [0.2, 0.25) is 0 Å². The molecule has 3 aromatic rings. The molecule has 0 unspecified atom stereocenters. The molecule has 0 atom stereocenters. The van der Waals surface area contributed by atoms with E-state index in [1.807, 2.05) is 24.3 Å². The fourth-order valence-electron chi connectivity index (χ4n) is 3.29. The van der Waals surface area contributed by atoms with E-state index in [2.05, 4.69) is 62.1 Å². The van der Waals surface area contributed by atoms with Crippen molar-refractivity contribution in [3.8, 4) is 23.3 Å². The molecule has 0 fully saturated rings. The second-order valence-corrected chi connectivity index (χ2v) is 7.61. The van der Waals surface area contributed by atoms with Crippen LogP contribution in [0, 0.1) is 11.8 Å². The summed E-state index contributed by atoms with van der Waals surface area (Å²) in [6.07, 6.45) is 7.28. The highest BCUT2D eigenvalue weighted by Gasteiger charge is 2.00. The molecule has 0 aliphatic carbocycles. The summed E-state index contributed by atoms with van der Waals surface area (Å²) in [6.45, 7) is 5.88. The highest BCUT2D eigenvalue weighted by atomic mass is 16.5. The number of hydrogen-bond donors (Lipinski definition) is 0. The van der Waals surface area contributed by atoms with Gasteiger partial charge < -0.3 is 9.47 Å². The summed E-state index contributed by atoms with van der Waals surface area (Å²) in [5.41, 5.74) is 2.00. The zero-order valence-corrected chi connectivity index (χ0v) is 18.2. The average Bonchev–Trinajstić information content (AvgIpc) is 2.79. The molecule has 3 aromatic carbocycles. The van der Waals surface area contributed by atoms with Crippen molar-refractivity contribution in [2.24, 2.45) is 0 Å². The van der Waals surface area contributed by atoms with Gasteiger partial charge in [0.1, 0.15) is 11.5 Å². The summed E-state index contributed by atoms with van der Waals surface area (Å²) in [7, 11) is 0. The molecule has 0 saturated heterocycles. The van der Waals surface area contributed by atoms with Crippen LogP contribution in [0.4, 0.5) is 0 Å². The van der Waals surface area contributed by atoms with Crippen molar-refractivity contribution in [1.82, 2.24) is 0 Å². The van der Waals surface area contributed by atoms with E-state index in [1.54, 1.807) is 0 Å². The molecule has 0 heterocycles.